The Kier molecular flexibility index (Phi) is 15.8. The molecule has 0 unspecified atom stereocenters. The van der Waals surface area contributed by atoms with E-state index in [0.29, 0.717) is 18.0 Å². The molecule has 1 heterocycles. The maximum absolute atomic E-state index is 4.75. The first-order valence-corrected chi connectivity index (χ1v) is 12.3. The van der Waals surface area contributed by atoms with Crippen LogP contribution in [0.2, 0.25) is 0 Å². The molecular formula is C21H44IN7S. The molecule has 0 fully saturated rings. The summed E-state index contributed by atoms with van der Waals surface area (Å²) in [5, 5.41) is 16.6. The maximum atomic E-state index is 4.75. The molecule has 1 aromatic heterocycles. The summed E-state index contributed by atoms with van der Waals surface area (Å²) in [4.78, 5) is 7.23. The highest BCUT2D eigenvalue weighted by atomic mass is 127. The molecule has 0 amide bonds. The van der Waals surface area contributed by atoms with Crippen molar-refractivity contribution in [3.05, 3.63) is 5.82 Å². The number of nitrogens with one attached hydrogen (secondary N) is 2. The van der Waals surface area contributed by atoms with Gasteiger partial charge >= 0.3 is 0 Å². The lowest BCUT2D eigenvalue weighted by atomic mass is 10.2. The number of hydrogen-bond donors (Lipinski definition) is 2. The monoisotopic (exact) mass is 553 g/mol. The van der Waals surface area contributed by atoms with Gasteiger partial charge in [0.1, 0.15) is 5.82 Å². The van der Waals surface area contributed by atoms with Crippen LogP contribution in [-0.4, -0.2) is 70.1 Å². The highest BCUT2D eigenvalue weighted by Gasteiger charge is 2.13. The quantitative estimate of drug-likeness (QED) is 0.127. The van der Waals surface area contributed by atoms with E-state index in [0.717, 1.165) is 62.5 Å². The smallest absolute Gasteiger partial charge is 0.191 e. The van der Waals surface area contributed by atoms with Gasteiger partial charge in [-0.2, -0.15) is 0 Å². The third-order valence-electron chi connectivity index (χ3n) is 4.69. The Balaban J connectivity index is 0.00000841. The summed E-state index contributed by atoms with van der Waals surface area (Å²) in [6.45, 7) is 20.1. The zero-order valence-electron chi connectivity index (χ0n) is 20.2. The minimum absolute atomic E-state index is 0. The van der Waals surface area contributed by atoms with Gasteiger partial charge < -0.3 is 15.2 Å². The van der Waals surface area contributed by atoms with Crippen LogP contribution < -0.4 is 10.6 Å². The molecule has 0 aliphatic rings. The number of nitrogens with zero attached hydrogens (tertiary/aromatic N) is 5. The van der Waals surface area contributed by atoms with Crippen LogP contribution in [0.1, 0.15) is 60.7 Å². The molecule has 1 aromatic rings. The van der Waals surface area contributed by atoms with E-state index in [1.807, 2.05) is 0 Å². The van der Waals surface area contributed by atoms with Crippen LogP contribution in [0.25, 0.3) is 0 Å². The minimum atomic E-state index is 0. The Morgan fingerprint density at radius 1 is 1.10 bits per heavy atom. The summed E-state index contributed by atoms with van der Waals surface area (Å²) in [6.07, 6.45) is 3.92. The van der Waals surface area contributed by atoms with E-state index < -0.39 is 0 Å². The number of rotatable bonds is 13. The molecule has 9 heteroatoms. The van der Waals surface area contributed by atoms with Crippen molar-refractivity contribution in [1.29, 1.82) is 0 Å². The molecule has 0 saturated heterocycles. The van der Waals surface area contributed by atoms with E-state index in [2.05, 4.69) is 85.0 Å². The highest BCUT2D eigenvalue weighted by Crippen LogP contribution is 2.16. The largest absolute Gasteiger partial charge is 0.357 e. The lowest BCUT2D eigenvalue weighted by molar-refractivity contribution is 0.178. The van der Waals surface area contributed by atoms with Crippen LogP contribution in [0, 0.1) is 5.92 Å². The van der Waals surface area contributed by atoms with Gasteiger partial charge in [0.05, 0.1) is 0 Å². The van der Waals surface area contributed by atoms with Crippen molar-refractivity contribution in [2.24, 2.45) is 10.9 Å². The molecule has 0 atom stereocenters. The molecule has 2 N–H and O–H groups in total. The van der Waals surface area contributed by atoms with Crippen LogP contribution >= 0.6 is 35.7 Å². The van der Waals surface area contributed by atoms with E-state index in [4.69, 9.17) is 4.99 Å². The average Bonchev–Trinajstić information content (AvgIpc) is 3.02. The van der Waals surface area contributed by atoms with E-state index in [9.17, 15) is 0 Å². The van der Waals surface area contributed by atoms with Gasteiger partial charge in [-0.1, -0.05) is 25.6 Å². The van der Waals surface area contributed by atoms with Crippen LogP contribution in [0.4, 0.5) is 0 Å². The maximum Gasteiger partial charge on any atom is 0.191 e. The molecule has 0 bridgehead atoms. The lowest BCUT2D eigenvalue weighted by Gasteiger charge is -2.30. The summed E-state index contributed by atoms with van der Waals surface area (Å²) >= 11 is 1.66. The second-order valence-electron chi connectivity index (χ2n) is 8.32. The molecule has 1 rings (SSSR count). The number of hydrogen-bond acceptors (Lipinski definition) is 5. The summed E-state index contributed by atoms with van der Waals surface area (Å²) in [7, 11) is 0. The molecule has 0 saturated carbocycles. The Labute approximate surface area is 205 Å². The molecule has 7 nitrogen and oxygen atoms in total. The van der Waals surface area contributed by atoms with E-state index in [1.54, 1.807) is 11.8 Å². The number of aromatic nitrogens is 3. The molecule has 0 aliphatic heterocycles. The van der Waals surface area contributed by atoms with Gasteiger partial charge in [-0.05, 0) is 53.2 Å². The van der Waals surface area contributed by atoms with Gasteiger partial charge in [-0.3, -0.25) is 9.89 Å². The van der Waals surface area contributed by atoms with Gasteiger partial charge in [0.25, 0.3) is 0 Å². The number of halogens is 1. The number of aliphatic imine (C=N–C) groups is 1. The molecular weight excluding hydrogens is 509 g/mol. The molecule has 0 aliphatic carbocycles. The standard InChI is InChI=1S/C21H43N7S.HI/c1-9-22-20(24-13-14-27(17(4)5)18(6)7)23-12-10-11-19-25-26-21(29-8)28(19)15-16(2)3;/h16-18H,9-15H2,1-8H3,(H2,22,23,24);1H. The molecule has 0 radical (unpaired) electrons. The van der Waals surface area contributed by atoms with Crippen LogP contribution in [-0.2, 0) is 13.0 Å². The molecule has 176 valence electrons. The zero-order chi connectivity index (χ0) is 21.8. The Morgan fingerprint density at radius 3 is 2.30 bits per heavy atom. The van der Waals surface area contributed by atoms with Crippen LogP contribution in [0.5, 0.6) is 0 Å². The number of thioether (sulfide) groups is 1. The van der Waals surface area contributed by atoms with Crippen molar-refractivity contribution in [1.82, 2.24) is 30.3 Å². The molecule has 0 aromatic carbocycles. The minimum Gasteiger partial charge on any atom is -0.357 e. The normalized spacial score (nSPS) is 12.2. The summed E-state index contributed by atoms with van der Waals surface area (Å²) < 4.78 is 2.26. The first-order valence-electron chi connectivity index (χ1n) is 11.0. The lowest BCUT2D eigenvalue weighted by Crippen LogP contribution is -2.45. The predicted octanol–water partition coefficient (Wildman–Crippen LogP) is 3.88. The van der Waals surface area contributed by atoms with Gasteiger partial charge in [-0.15, -0.1) is 34.2 Å². The van der Waals surface area contributed by atoms with Crippen molar-refractivity contribution in [2.75, 3.05) is 32.4 Å². The van der Waals surface area contributed by atoms with Gasteiger partial charge in [0, 0.05) is 51.2 Å². The van der Waals surface area contributed by atoms with Crippen LogP contribution in [0.3, 0.4) is 0 Å². The van der Waals surface area contributed by atoms with E-state index >= 15 is 0 Å². The number of guanidine groups is 1. The fourth-order valence-corrected chi connectivity index (χ4v) is 3.91. The highest BCUT2D eigenvalue weighted by molar-refractivity contribution is 14.0. The summed E-state index contributed by atoms with van der Waals surface area (Å²) in [5.74, 6) is 2.55. The Hall–Kier alpha value is -0.550. The first-order chi connectivity index (χ1) is 13.8. The van der Waals surface area contributed by atoms with Crippen molar-refractivity contribution in [3.63, 3.8) is 0 Å². The van der Waals surface area contributed by atoms with Crippen molar-refractivity contribution < 1.29 is 0 Å². The third kappa shape index (κ3) is 10.7. The fourth-order valence-electron chi connectivity index (χ4n) is 3.39. The fraction of sp³-hybridized carbons (Fsp3) is 0.857. The first kappa shape index (κ1) is 29.5. The Morgan fingerprint density at radius 2 is 1.77 bits per heavy atom. The molecule has 0 spiro atoms. The van der Waals surface area contributed by atoms with Crippen molar-refractivity contribution >= 4 is 41.7 Å². The Bertz CT molecular complexity index is 594. The SMILES string of the molecule is CCNC(=NCCCc1nnc(SC)n1CC(C)C)NCCN(C(C)C)C(C)C.I. The van der Waals surface area contributed by atoms with Gasteiger partial charge in [-0.25, -0.2) is 0 Å². The van der Waals surface area contributed by atoms with Gasteiger partial charge in [0.15, 0.2) is 11.1 Å². The second kappa shape index (κ2) is 16.1. The topological polar surface area (TPSA) is 70.4 Å². The predicted molar refractivity (Wildman–Crippen MR) is 141 cm³/mol. The average molecular weight is 554 g/mol. The number of aryl methyl sites for hydroxylation is 1. The van der Waals surface area contributed by atoms with Crippen molar-refractivity contribution in [2.45, 2.75) is 85.1 Å². The van der Waals surface area contributed by atoms with E-state index in [-0.39, 0.29) is 24.0 Å². The van der Waals surface area contributed by atoms with Crippen molar-refractivity contribution in [3.8, 4) is 0 Å². The van der Waals surface area contributed by atoms with E-state index in [1.165, 1.54) is 0 Å². The third-order valence-corrected chi connectivity index (χ3v) is 5.35. The molecule has 30 heavy (non-hydrogen) atoms. The zero-order valence-corrected chi connectivity index (χ0v) is 23.4. The van der Waals surface area contributed by atoms with Gasteiger partial charge in [0.2, 0.25) is 0 Å². The summed E-state index contributed by atoms with van der Waals surface area (Å²) in [6, 6.07) is 1.09. The second-order valence-corrected chi connectivity index (χ2v) is 9.10. The summed E-state index contributed by atoms with van der Waals surface area (Å²) in [5.41, 5.74) is 0. The van der Waals surface area contributed by atoms with Crippen LogP contribution in [0.15, 0.2) is 10.1 Å².